The highest BCUT2D eigenvalue weighted by atomic mass is 79.9. The van der Waals surface area contributed by atoms with Gasteiger partial charge in [-0.15, -0.1) is 11.3 Å². The third-order valence-corrected chi connectivity index (χ3v) is 7.62. The number of hydrogen-bond acceptors (Lipinski definition) is 5. The quantitative estimate of drug-likeness (QED) is 0.306. The smallest absolute Gasteiger partial charge is 0.341 e. The molecule has 166 valence electrons. The second kappa shape index (κ2) is 9.08. The van der Waals surface area contributed by atoms with Crippen LogP contribution in [-0.4, -0.2) is 24.0 Å². The molecule has 5 rings (SSSR count). The highest BCUT2D eigenvalue weighted by Gasteiger charge is 2.27. The highest BCUT2D eigenvalue weighted by molar-refractivity contribution is 9.10. The summed E-state index contributed by atoms with van der Waals surface area (Å²) >= 11 is 4.94. The van der Waals surface area contributed by atoms with Crippen molar-refractivity contribution in [3.8, 4) is 11.3 Å². The Bertz CT molecular complexity index is 1380. The Morgan fingerprint density at radius 3 is 2.61 bits per heavy atom. The molecule has 2 aromatic heterocycles. The molecule has 0 aliphatic heterocycles. The molecule has 0 spiro atoms. The van der Waals surface area contributed by atoms with Gasteiger partial charge in [0.15, 0.2) is 0 Å². The number of aromatic nitrogens is 1. The van der Waals surface area contributed by atoms with Crippen LogP contribution in [0.3, 0.4) is 0 Å². The van der Waals surface area contributed by atoms with Gasteiger partial charge in [0, 0.05) is 20.3 Å². The molecule has 0 bridgehead atoms. The first kappa shape index (κ1) is 21.8. The average Bonchev–Trinajstić information content (AvgIpc) is 3.21. The summed E-state index contributed by atoms with van der Waals surface area (Å²) < 4.78 is 6.02. The van der Waals surface area contributed by atoms with E-state index in [1.807, 2.05) is 54.6 Å². The highest BCUT2D eigenvalue weighted by Crippen LogP contribution is 2.39. The Morgan fingerprint density at radius 2 is 1.82 bits per heavy atom. The number of amides is 1. The lowest BCUT2D eigenvalue weighted by atomic mass is 9.95. The van der Waals surface area contributed by atoms with Crippen LogP contribution in [-0.2, 0) is 17.6 Å². The first-order chi connectivity index (χ1) is 16.0. The summed E-state index contributed by atoms with van der Waals surface area (Å²) in [7, 11) is 1.38. The van der Waals surface area contributed by atoms with E-state index in [2.05, 4.69) is 21.2 Å². The van der Waals surface area contributed by atoms with Crippen LogP contribution in [0.5, 0.6) is 0 Å². The maximum Gasteiger partial charge on any atom is 0.341 e. The molecule has 0 unspecified atom stereocenters. The van der Waals surface area contributed by atoms with Gasteiger partial charge in [-0.25, -0.2) is 9.78 Å². The average molecular weight is 521 g/mol. The molecule has 1 amide bonds. The number of ether oxygens (including phenoxy) is 1. The lowest BCUT2D eigenvalue weighted by molar-refractivity contribution is 0.0601. The predicted molar refractivity (Wildman–Crippen MR) is 135 cm³/mol. The van der Waals surface area contributed by atoms with E-state index in [1.54, 1.807) is 0 Å². The number of fused-ring (bicyclic) bond motifs is 2. The molecule has 2 aromatic carbocycles. The number of rotatable bonds is 4. The Labute approximate surface area is 203 Å². The summed E-state index contributed by atoms with van der Waals surface area (Å²) in [4.78, 5) is 32.1. The van der Waals surface area contributed by atoms with Crippen molar-refractivity contribution in [3.05, 3.63) is 80.6 Å². The molecule has 1 N–H and O–H groups in total. The van der Waals surface area contributed by atoms with Crippen LogP contribution < -0.4 is 5.32 Å². The number of benzene rings is 2. The maximum atomic E-state index is 13.5. The molecule has 7 heteroatoms. The van der Waals surface area contributed by atoms with Gasteiger partial charge in [-0.2, -0.15) is 0 Å². The van der Waals surface area contributed by atoms with Gasteiger partial charge in [0.25, 0.3) is 5.91 Å². The van der Waals surface area contributed by atoms with E-state index in [1.165, 1.54) is 18.4 Å². The number of carbonyl (C=O) groups is 2. The summed E-state index contributed by atoms with van der Waals surface area (Å²) in [5.41, 5.74) is 4.40. The lowest BCUT2D eigenvalue weighted by Crippen LogP contribution is -2.16. The molecule has 2 heterocycles. The van der Waals surface area contributed by atoms with Crippen LogP contribution in [0, 0.1) is 0 Å². The Morgan fingerprint density at radius 1 is 1.06 bits per heavy atom. The minimum atomic E-state index is -0.403. The number of methoxy groups -OCH3 is 1. The van der Waals surface area contributed by atoms with Gasteiger partial charge in [0.2, 0.25) is 0 Å². The fourth-order valence-electron chi connectivity index (χ4n) is 4.27. The standard InChI is InChI=1S/C26H21BrN2O3S/c1-32-26(31)23-18-7-3-5-9-22(18)33-25(23)29-24(30)19-14-21(15-10-12-16(27)13-11-15)28-20-8-4-2-6-17(19)20/h2,4,6,8,10-14H,3,5,7,9H2,1H3,(H,29,30). The number of halogens is 1. The molecule has 33 heavy (non-hydrogen) atoms. The molecule has 1 aliphatic carbocycles. The van der Waals surface area contributed by atoms with Crippen molar-refractivity contribution in [2.75, 3.05) is 12.4 Å². The summed E-state index contributed by atoms with van der Waals surface area (Å²) in [6, 6.07) is 17.2. The number of anilines is 1. The van der Waals surface area contributed by atoms with Crippen molar-refractivity contribution in [3.63, 3.8) is 0 Å². The van der Waals surface area contributed by atoms with Crippen LogP contribution >= 0.6 is 27.3 Å². The monoisotopic (exact) mass is 520 g/mol. The van der Waals surface area contributed by atoms with Gasteiger partial charge < -0.3 is 10.1 Å². The van der Waals surface area contributed by atoms with Crippen LogP contribution in [0.15, 0.2) is 59.1 Å². The number of nitrogens with zero attached hydrogens (tertiary/aromatic N) is 1. The molecular formula is C26H21BrN2O3S. The number of esters is 1. The van der Waals surface area contributed by atoms with Crippen molar-refractivity contribution in [2.24, 2.45) is 0 Å². The van der Waals surface area contributed by atoms with Gasteiger partial charge in [-0.1, -0.05) is 46.3 Å². The summed E-state index contributed by atoms with van der Waals surface area (Å²) in [6.07, 6.45) is 3.88. The predicted octanol–water partition coefficient (Wildman–Crippen LogP) is 6.64. The van der Waals surface area contributed by atoms with Crippen molar-refractivity contribution in [1.82, 2.24) is 4.98 Å². The van der Waals surface area contributed by atoms with Crippen molar-refractivity contribution < 1.29 is 14.3 Å². The summed E-state index contributed by atoms with van der Waals surface area (Å²) in [5.74, 6) is -0.671. The van der Waals surface area contributed by atoms with E-state index in [-0.39, 0.29) is 5.91 Å². The fraction of sp³-hybridized carbons (Fsp3) is 0.192. The zero-order chi connectivity index (χ0) is 22.9. The number of aryl methyl sites for hydroxylation is 1. The molecule has 1 aliphatic rings. The van der Waals surface area contributed by atoms with Gasteiger partial charge in [0.1, 0.15) is 5.00 Å². The van der Waals surface area contributed by atoms with Crippen molar-refractivity contribution in [1.29, 1.82) is 0 Å². The fourth-order valence-corrected chi connectivity index (χ4v) is 5.81. The summed E-state index contributed by atoms with van der Waals surface area (Å²) in [6.45, 7) is 0. The molecular weight excluding hydrogens is 500 g/mol. The zero-order valence-electron chi connectivity index (χ0n) is 18.0. The first-order valence-corrected chi connectivity index (χ1v) is 12.4. The third-order valence-electron chi connectivity index (χ3n) is 5.89. The number of thiophene rings is 1. The van der Waals surface area contributed by atoms with E-state index < -0.39 is 5.97 Å². The van der Waals surface area contributed by atoms with Gasteiger partial charge in [0.05, 0.1) is 29.4 Å². The number of para-hydroxylation sites is 1. The normalized spacial score (nSPS) is 12.9. The van der Waals surface area contributed by atoms with Crippen LogP contribution in [0.1, 0.15) is 44.0 Å². The molecule has 0 saturated carbocycles. The van der Waals surface area contributed by atoms with Crippen molar-refractivity contribution in [2.45, 2.75) is 25.7 Å². The lowest BCUT2D eigenvalue weighted by Gasteiger charge is -2.12. The molecule has 0 atom stereocenters. The third kappa shape index (κ3) is 4.18. The van der Waals surface area contributed by atoms with E-state index in [0.29, 0.717) is 21.8 Å². The number of hydrogen-bond donors (Lipinski definition) is 1. The van der Waals surface area contributed by atoms with Crippen LogP contribution in [0.4, 0.5) is 5.00 Å². The summed E-state index contributed by atoms with van der Waals surface area (Å²) in [5, 5.41) is 4.34. The number of carbonyl (C=O) groups excluding carboxylic acids is 2. The molecule has 0 radical (unpaired) electrons. The van der Waals surface area contributed by atoms with Gasteiger partial charge in [-0.3, -0.25) is 4.79 Å². The second-order valence-corrected chi connectivity index (χ2v) is 9.96. The zero-order valence-corrected chi connectivity index (χ0v) is 20.4. The van der Waals surface area contributed by atoms with E-state index in [4.69, 9.17) is 9.72 Å². The van der Waals surface area contributed by atoms with Crippen LogP contribution in [0.25, 0.3) is 22.2 Å². The molecule has 4 aromatic rings. The SMILES string of the molecule is COC(=O)c1c(NC(=O)c2cc(-c3ccc(Br)cc3)nc3ccccc23)sc2c1CCCC2. The first-order valence-electron chi connectivity index (χ1n) is 10.7. The largest absolute Gasteiger partial charge is 0.465 e. The van der Waals surface area contributed by atoms with Gasteiger partial charge >= 0.3 is 5.97 Å². The molecule has 0 saturated heterocycles. The Hall–Kier alpha value is -3.03. The van der Waals surface area contributed by atoms with E-state index >= 15 is 0 Å². The minimum Gasteiger partial charge on any atom is -0.465 e. The second-order valence-electron chi connectivity index (χ2n) is 7.94. The molecule has 5 nitrogen and oxygen atoms in total. The van der Waals surface area contributed by atoms with Gasteiger partial charge in [-0.05, 0) is 55.5 Å². The van der Waals surface area contributed by atoms with Crippen LogP contribution in [0.2, 0.25) is 0 Å². The van der Waals surface area contributed by atoms with E-state index in [0.717, 1.165) is 57.1 Å². The topological polar surface area (TPSA) is 68.3 Å². The molecule has 0 fully saturated rings. The minimum absolute atomic E-state index is 0.268. The Balaban J connectivity index is 1.59. The maximum absolute atomic E-state index is 13.5. The Kier molecular flexibility index (Phi) is 6.00. The van der Waals surface area contributed by atoms with Crippen molar-refractivity contribution >= 4 is 55.0 Å². The number of pyridine rings is 1. The van der Waals surface area contributed by atoms with E-state index in [9.17, 15) is 9.59 Å². The number of nitrogens with one attached hydrogen (secondary N) is 1.